The van der Waals surface area contributed by atoms with Crippen LogP contribution in [0.2, 0.25) is 0 Å². The number of rotatable bonds is 5. The Hall–Kier alpha value is -2.85. The number of carbonyl (C=O) groups is 1. The third-order valence-electron chi connectivity index (χ3n) is 6.23. The second-order valence-electron chi connectivity index (χ2n) is 8.37. The van der Waals surface area contributed by atoms with Crippen molar-refractivity contribution in [2.24, 2.45) is 0 Å². The number of hydrogen-bond donors (Lipinski definition) is 1. The normalized spacial score (nSPS) is 16.9. The quantitative estimate of drug-likeness (QED) is 0.613. The van der Waals surface area contributed by atoms with Gasteiger partial charge in [0.25, 0.3) is 11.5 Å². The van der Waals surface area contributed by atoms with Crippen molar-refractivity contribution in [1.29, 1.82) is 0 Å². The van der Waals surface area contributed by atoms with E-state index in [0.29, 0.717) is 44.1 Å². The van der Waals surface area contributed by atoms with Crippen LogP contribution in [0, 0.1) is 0 Å². The van der Waals surface area contributed by atoms with Gasteiger partial charge in [-0.25, -0.2) is 4.98 Å². The number of carbonyl (C=O) groups excluding carboxylic acids is 1. The van der Waals surface area contributed by atoms with Gasteiger partial charge in [0.1, 0.15) is 16.4 Å². The van der Waals surface area contributed by atoms with Gasteiger partial charge in [0, 0.05) is 36.6 Å². The third-order valence-corrected chi connectivity index (χ3v) is 7.42. The summed E-state index contributed by atoms with van der Waals surface area (Å²) in [6.07, 6.45) is 4.28. The van der Waals surface area contributed by atoms with Gasteiger partial charge in [0.05, 0.1) is 11.9 Å². The number of aromatic amines is 1. The van der Waals surface area contributed by atoms with Gasteiger partial charge >= 0.3 is 6.61 Å². The standard InChI is InChI=1S/C23H24F2N4O3S/c24-23(25)32-15-7-5-14(6-8-15)22(31)29-11-9-28(10-12-29)13-18-26-20(30)19-16-3-1-2-4-17(16)33-21(19)27-18/h5-8,23H,1-4,9-13H2,(H,26,27,30). The van der Waals surface area contributed by atoms with Crippen molar-refractivity contribution in [3.05, 3.63) is 56.4 Å². The van der Waals surface area contributed by atoms with E-state index in [1.165, 1.54) is 41.1 Å². The summed E-state index contributed by atoms with van der Waals surface area (Å²) < 4.78 is 28.9. The number of aryl methyl sites for hydroxylation is 2. The molecule has 2 aromatic heterocycles. The van der Waals surface area contributed by atoms with Crippen molar-refractivity contribution < 1.29 is 18.3 Å². The van der Waals surface area contributed by atoms with Gasteiger partial charge in [-0.1, -0.05) is 0 Å². The highest BCUT2D eigenvalue weighted by molar-refractivity contribution is 7.18. The van der Waals surface area contributed by atoms with Crippen LogP contribution in [0.3, 0.4) is 0 Å². The van der Waals surface area contributed by atoms with Crippen LogP contribution in [0.5, 0.6) is 5.75 Å². The molecule has 2 aliphatic rings. The van der Waals surface area contributed by atoms with Gasteiger partial charge in [-0.15, -0.1) is 11.3 Å². The predicted molar refractivity (Wildman–Crippen MR) is 121 cm³/mol. The summed E-state index contributed by atoms with van der Waals surface area (Å²) in [5.41, 5.74) is 1.56. The Bertz CT molecular complexity index is 1220. The zero-order valence-electron chi connectivity index (χ0n) is 18.0. The molecule has 7 nitrogen and oxygen atoms in total. The van der Waals surface area contributed by atoms with Crippen LogP contribution in [0.4, 0.5) is 8.78 Å². The van der Waals surface area contributed by atoms with Crippen LogP contribution in [0.25, 0.3) is 10.2 Å². The lowest BCUT2D eigenvalue weighted by atomic mass is 9.97. The van der Waals surface area contributed by atoms with E-state index in [1.54, 1.807) is 16.2 Å². The number of fused-ring (bicyclic) bond motifs is 3. The molecule has 1 aromatic carbocycles. The van der Waals surface area contributed by atoms with Gasteiger partial charge in [-0.3, -0.25) is 14.5 Å². The molecule has 1 saturated heterocycles. The second-order valence-corrected chi connectivity index (χ2v) is 9.46. The Kier molecular flexibility index (Phi) is 6.11. The molecule has 1 fully saturated rings. The summed E-state index contributed by atoms with van der Waals surface area (Å²) in [4.78, 5) is 39.2. The second kappa shape index (κ2) is 9.18. The SMILES string of the molecule is O=C(c1ccc(OC(F)F)cc1)N1CCN(Cc2nc3sc4c(c3c(=O)[nH]2)CCCC4)CC1. The topological polar surface area (TPSA) is 78.5 Å². The molecule has 1 aliphatic heterocycles. The molecule has 3 heterocycles. The van der Waals surface area contributed by atoms with Gasteiger partial charge in [-0.05, 0) is 55.5 Å². The van der Waals surface area contributed by atoms with E-state index in [2.05, 4.69) is 14.6 Å². The molecule has 1 amide bonds. The molecule has 0 radical (unpaired) electrons. The highest BCUT2D eigenvalue weighted by atomic mass is 32.1. The van der Waals surface area contributed by atoms with Crippen LogP contribution < -0.4 is 10.3 Å². The Morgan fingerprint density at radius 1 is 1.12 bits per heavy atom. The molecule has 0 unspecified atom stereocenters. The lowest BCUT2D eigenvalue weighted by Crippen LogP contribution is -2.48. The van der Waals surface area contributed by atoms with Gasteiger partial charge in [0.15, 0.2) is 0 Å². The fourth-order valence-corrected chi connectivity index (χ4v) is 5.85. The number of ether oxygens (including phenoxy) is 1. The van der Waals surface area contributed by atoms with E-state index in [0.717, 1.165) is 29.5 Å². The van der Waals surface area contributed by atoms with Crippen molar-refractivity contribution in [2.75, 3.05) is 26.2 Å². The average molecular weight is 475 g/mol. The number of H-pyrrole nitrogens is 1. The molecule has 33 heavy (non-hydrogen) atoms. The maximum atomic E-state index is 12.7. The number of hydrogen-bond acceptors (Lipinski definition) is 6. The van der Waals surface area contributed by atoms with E-state index in [4.69, 9.17) is 4.98 Å². The van der Waals surface area contributed by atoms with E-state index in [1.807, 2.05) is 0 Å². The zero-order chi connectivity index (χ0) is 22.9. The highest BCUT2D eigenvalue weighted by Crippen LogP contribution is 2.33. The number of thiophene rings is 1. The monoisotopic (exact) mass is 474 g/mol. The van der Waals surface area contributed by atoms with Gasteiger partial charge in [0.2, 0.25) is 0 Å². The maximum absolute atomic E-state index is 12.7. The van der Waals surface area contributed by atoms with Crippen molar-refractivity contribution in [1.82, 2.24) is 19.8 Å². The van der Waals surface area contributed by atoms with E-state index < -0.39 is 6.61 Å². The molecule has 5 rings (SSSR count). The molecule has 10 heteroatoms. The molecular weight excluding hydrogens is 450 g/mol. The fraction of sp³-hybridized carbons (Fsp3) is 0.435. The number of amides is 1. The smallest absolute Gasteiger partial charge is 0.387 e. The fourth-order valence-electron chi connectivity index (χ4n) is 4.57. The summed E-state index contributed by atoms with van der Waals surface area (Å²) in [5, 5.41) is 0.763. The maximum Gasteiger partial charge on any atom is 0.387 e. The van der Waals surface area contributed by atoms with Crippen molar-refractivity contribution in [3.63, 3.8) is 0 Å². The summed E-state index contributed by atoms with van der Waals surface area (Å²) in [6, 6.07) is 5.74. The first-order chi connectivity index (χ1) is 16.0. The number of nitrogens with one attached hydrogen (secondary N) is 1. The minimum atomic E-state index is -2.89. The highest BCUT2D eigenvalue weighted by Gasteiger charge is 2.24. The molecule has 1 N–H and O–H groups in total. The van der Waals surface area contributed by atoms with Crippen molar-refractivity contribution in [2.45, 2.75) is 38.8 Å². The first-order valence-corrected chi connectivity index (χ1v) is 11.9. The number of piperazine rings is 1. The Balaban J connectivity index is 1.21. The first-order valence-electron chi connectivity index (χ1n) is 11.1. The molecular formula is C23H24F2N4O3S. The number of halogens is 2. The molecule has 174 valence electrons. The zero-order valence-corrected chi connectivity index (χ0v) is 18.8. The molecule has 0 bridgehead atoms. The van der Waals surface area contributed by atoms with Crippen LogP contribution in [-0.2, 0) is 19.4 Å². The van der Waals surface area contributed by atoms with Crippen LogP contribution in [-0.4, -0.2) is 58.5 Å². The predicted octanol–water partition coefficient (Wildman–Crippen LogP) is 3.42. The van der Waals surface area contributed by atoms with Crippen LogP contribution >= 0.6 is 11.3 Å². The van der Waals surface area contributed by atoms with Crippen molar-refractivity contribution in [3.8, 4) is 5.75 Å². The minimum absolute atomic E-state index is 0.0245. The lowest BCUT2D eigenvalue weighted by molar-refractivity contribution is -0.0498. The Morgan fingerprint density at radius 2 is 1.85 bits per heavy atom. The molecule has 3 aromatic rings. The average Bonchev–Trinajstić information content (AvgIpc) is 3.18. The van der Waals surface area contributed by atoms with Gasteiger partial charge < -0.3 is 14.6 Å². The van der Waals surface area contributed by atoms with E-state index in [-0.39, 0.29) is 17.2 Å². The summed E-state index contributed by atoms with van der Waals surface area (Å²) in [7, 11) is 0. The van der Waals surface area contributed by atoms with Gasteiger partial charge in [-0.2, -0.15) is 8.78 Å². The largest absolute Gasteiger partial charge is 0.435 e. The first kappa shape index (κ1) is 22.0. The number of alkyl halides is 2. The van der Waals surface area contributed by atoms with E-state index >= 15 is 0 Å². The lowest BCUT2D eigenvalue weighted by Gasteiger charge is -2.34. The Labute approximate surface area is 193 Å². The third kappa shape index (κ3) is 4.63. The summed E-state index contributed by atoms with van der Waals surface area (Å²) in [5.74, 6) is 0.535. The number of nitrogens with zero attached hydrogens (tertiary/aromatic N) is 3. The minimum Gasteiger partial charge on any atom is -0.435 e. The number of aromatic nitrogens is 2. The van der Waals surface area contributed by atoms with Crippen LogP contribution in [0.15, 0.2) is 29.1 Å². The van der Waals surface area contributed by atoms with Crippen LogP contribution in [0.1, 0.15) is 39.5 Å². The van der Waals surface area contributed by atoms with E-state index in [9.17, 15) is 18.4 Å². The van der Waals surface area contributed by atoms with Crippen molar-refractivity contribution >= 4 is 27.5 Å². The summed E-state index contributed by atoms with van der Waals surface area (Å²) >= 11 is 1.64. The summed E-state index contributed by atoms with van der Waals surface area (Å²) in [6.45, 7) is 0.00848. The Morgan fingerprint density at radius 3 is 2.58 bits per heavy atom. The molecule has 1 aliphatic carbocycles. The number of benzene rings is 1. The molecule has 0 spiro atoms. The molecule has 0 atom stereocenters. The molecule has 0 saturated carbocycles.